The molecule has 1 fully saturated rings. The number of hydrogen-bond donors (Lipinski definition) is 3. The predicted molar refractivity (Wildman–Crippen MR) is 73.0 cm³/mol. The van der Waals surface area contributed by atoms with Gasteiger partial charge in [0.05, 0.1) is 12.7 Å². The monoisotopic (exact) mass is 293 g/mol. The number of hydrogen-bond acceptors (Lipinski definition) is 6. The summed E-state index contributed by atoms with van der Waals surface area (Å²) in [5.74, 6) is -1.12. The van der Waals surface area contributed by atoms with Crippen LogP contribution in [-0.4, -0.2) is 46.1 Å². The summed E-state index contributed by atoms with van der Waals surface area (Å²) >= 11 is 0. The molecule has 0 bridgehead atoms. The summed E-state index contributed by atoms with van der Waals surface area (Å²) in [7, 11) is 0. The van der Waals surface area contributed by atoms with E-state index in [0.717, 1.165) is 0 Å². The first-order chi connectivity index (χ1) is 10.1. The van der Waals surface area contributed by atoms with E-state index in [4.69, 9.17) is 10.5 Å². The molecule has 0 saturated carbocycles. The molecular formula is C14H19N3O4. The number of nitrogens with two attached hydrogens (primary N) is 1. The maximum Gasteiger partial charge on any atom is 0.228 e. The minimum Gasteiger partial charge on any atom is -0.399 e. The SMILES string of the molecule is N#C[C@@H]1C(N2/C=C\C(N)=C/CCCC2=O)O[C@H](CO)[C@H]1O. The molecule has 7 heteroatoms. The maximum absolute atomic E-state index is 12.3. The molecule has 2 rings (SSSR count). The van der Waals surface area contributed by atoms with Crippen molar-refractivity contribution in [3.63, 3.8) is 0 Å². The second kappa shape index (κ2) is 6.72. The normalized spacial score (nSPS) is 37.9. The molecule has 0 radical (unpaired) electrons. The van der Waals surface area contributed by atoms with Crippen LogP contribution in [0.2, 0.25) is 0 Å². The Kier molecular flexibility index (Phi) is 4.96. The fourth-order valence-electron chi connectivity index (χ4n) is 2.47. The number of rotatable bonds is 2. The summed E-state index contributed by atoms with van der Waals surface area (Å²) in [4.78, 5) is 13.5. The average molecular weight is 293 g/mol. The number of ether oxygens (including phenoxy) is 1. The van der Waals surface area contributed by atoms with Gasteiger partial charge in [-0.2, -0.15) is 5.26 Å². The summed E-state index contributed by atoms with van der Waals surface area (Å²) < 4.78 is 5.48. The van der Waals surface area contributed by atoms with Crippen molar-refractivity contribution >= 4 is 5.91 Å². The van der Waals surface area contributed by atoms with Crippen molar-refractivity contribution in [2.75, 3.05) is 6.61 Å². The van der Waals surface area contributed by atoms with E-state index >= 15 is 0 Å². The third kappa shape index (κ3) is 3.24. The zero-order chi connectivity index (χ0) is 15.4. The van der Waals surface area contributed by atoms with Gasteiger partial charge in [-0.1, -0.05) is 6.08 Å². The van der Waals surface area contributed by atoms with Crippen molar-refractivity contribution in [2.24, 2.45) is 11.7 Å². The summed E-state index contributed by atoms with van der Waals surface area (Å²) in [6.45, 7) is -0.413. The summed E-state index contributed by atoms with van der Waals surface area (Å²) in [6.07, 6.45) is 3.59. The first-order valence-electron chi connectivity index (χ1n) is 6.87. The van der Waals surface area contributed by atoms with Crippen LogP contribution in [0.3, 0.4) is 0 Å². The molecule has 2 aliphatic heterocycles. The lowest BCUT2D eigenvalue weighted by Crippen LogP contribution is -2.40. The standard InChI is InChI=1S/C14H19N3O4/c15-7-10-13(20)11(8-18)21-14(10)17-6-5-9(16)3-1-2-4-12(17)19/h3,5-6,10-11,13-14,18,20H,1-2,4,8,16H2/b6-5-,9-3+/t10-,11+,13-,14?/m0/s1. The summed E-state index contributed by atoms with van der Waals surface area (Å²) in [5.41, 5.74) is 6.30. The molecule has 2 aliphatic rings. The van der Waals surface area contributed by atoms with E-state index in [2.05, 4.69) is 0 Å². The summed E-state index contributed by atoms with van der Waals surface area (Å²) in [6, 6.07) is 1.95. The highest BCUT2D eigenvalue weighted by Crippen LogP contribution is 2.30. The fourth-order valence-corrected chi connectivity index (χ4v) is 2.47. The van der Waals surface area contributed by atoms with E-state index in [1.165, 1.54) is 11.1 Å². The Morgan fingerprint density at radius 1 is 1.57 bits per heavy atom. The molecule has 4 atom stereocenters. The first kappa shape index (κ1) is 15.5. The van der Waals surface area contributed by atoms with E-state index < -0.39 is 31.0 Å². The Hall–Kier alpha value is -1.88. The maximum atomic E-state index is 12.3. The Morgan fingerprint density at radius 2 is 2.33 bits per heavy atom. The molecule has 2 heterocycles. The Labute approximate surface area is 122 Å². The number of carbonyl (C=O) groups excluding carboxylic acids is 1. The first-order valence-corrected chi connectivity index (χ1v) is 6.87. The number of aliphatic hydroxyl groups excluding tert-OH is 2. The summed E-state index contributed by atoms with van der Waals surface area (Å²) in [5, 5.41) is 28.3. The zero-order valence-electron chi connectivity index (χ0n) is 11.6. The van der Waals surface area contributed by atoms with E-state index in [-0.39, 0.29) is 5.91 Å². The molecule has 4 N–H and O–H groups in total. The van der Waals surface area contributed by atoms with Crippen LogP contribution in [-0.2, 0) is 9.53 Å². The van der Waals surface area contributed by atoms with Crippen LogP contribution in [0.15, 0.2) is 24.0 Å². The Morgan fingerprint density at radius 3 is 3.00 bits per heavy atom. The van der Waals surface area contributed by atoms with E-state index in [0.29, 0.717) is 25.0 Å². The molecule has 21 heavy (non-hydrogen) atoms. The number of nitriles is 1. The minimum atomic E-state index is -1.13. The molecule has 0 aromatic heterocycles. The quantitative estimate of drug-likeness (QED) is 0.635. The van der Waals surface area contributed by atoms with Crippen molar-refractivity contribution in [1.82, 2.24) is 4.90 Å². The predicted octanol–water partition coefficient (Wildman–Crippen LogP) is -0.427. The molecule has 1 unspecified atom stereocenters. The van der Waals surface area contributed by atoms with Gasteiger partial charge in [0.25, 0.3) is 0 Å². The average Bonchev–Trinajstić information content (AvgIpc) is 2.82. The highest BCUT2D eigenvalue weighted by molar-refractivity contribution is 5.77. The molecule has 0 spiro atoms. The smallest absolute Gasteiger partial charge is 0.228 e. The number of allylic oxidation sites excluding steroid dienone is 2. The fraction of sp³-hybridized carbons (Fsp3) is 0.571. The van der Waals surface area contributed by atoms with E-state index in [1.54, 1.807) is 6.08 Å². The number of aliphatic hydroxyl groups is 2. The van der Waals surface area contributed by atoms with Crippen molar-refractivity contribution in [3.05, 3.63) is 24.0 Å². The van der Waals surface area contributed by atoms with E-state index in [1.807, 2.05) is 12.1 Å². The van der Waals surface area contributed by atoms with Gasteiger partial charge in [0, 0.05) is 18.3 Å². The van der Waals surface area contributed by atoms with Gasteiger partial charge in [0.1, 0.15) is 18.1 Å². The van der Waals surface area contributed by atoms with Crippen molar-refractivity contribution < 1.29 is 19.7 Å². The second-order valence-electron chi connectivity index (χ2n) is 5.11. The molecule has 1 saturated heterocycles. The van der Waals surface area contributed by atoms with Gasteiger partial charge in [-0.05, 0) is 18.9 Å². The third-order valence-electron chi connectivity index (χ3n) is 3.66. The number of amides is 1. The number of carbonyl (C=O) groups is 1. The van der Waals surface area contributed by atoms with Crippen molar-refractivity contribution in [1.29, 1.82) is 5.26 Å². The molecule has 114 valence electrons. The van der Waals surface area contributed by atoms with Crippen LogP contribution in [0.4, 0.5) is 0 Å². The lowest BCUT2D eigenvalue weighted by atomic mass is 10.0. The topological polar surface area (TPSA) is 120 Å². The van der Waals surface area contributed by atoms with Gasteiger partial charge in [0.15, 0.2) is 6.23 Å². The molecular weight excluding hydrogens is 274 g/mol. The zero-order valence-corrected chi connectivity index (χ0v) is 11.6. The van der Waals surface area contributed by atoms with Crippen molar-refractivity contribution in [3.8, 4) is 6.07 Å². The highest BCUT2D eigenvalue weighted by Gasteiger charge is 2.47. The van der Waals surface area contributed by atoms with Gasteiger partial charge >= 0.3 is 0 Å². The van der Waals surface area contributed by atoms with Crippen LogP contribution in [0.5, 0.6) is 0 Å². The third-order valence-corrected chi connectivity index (χ3v) is 3.66. The van der Waals surface area contributed by atoms with Crippen LogP contribution in [0.25, 0.3) is 0 Å². The lowest BCUT2D eigenvalue weighted by Gasteiger charge is -2.27. The molecule has 0 aromatic rings. The molecule has 1 amide bonds. The van der Waals surface area contributed by atoms with Gasteiger partial charge in [0.2, 0.25) is 5.91 Å². The lowest BCUT2D eigenvalue weighted by molar-refractivity contribution is -0.142. The number of nitrogens with zero attached hydrogens (tertiary/aromatic N) is 2. The minimum absolute atomic E-state index is 0.203. The largest absolute Gasteiger partial charge is 0.399 e. The van der Waals surface area contributed by atoms with Gasteiger partial charge in [-0.15, -0.1) is 0 Å². The van der Waals surface area contributed by atoms with Crippen molar-refractivity contribution in [2.45, 2.75) is 37.7 Å². The molecule has 7 nitrogen and oxygen atoms in total. The van der Waals surface area contributed by atoms with Crippen LogP contribution < -0.4 is 5.73 Å². The second-order valence-corrected chi connectivity index (χ2v) is 5.11. The Bertz CT molecular complexity index is 497. The van der Waals surface area contributed by atoms with Gasteiger partial charge in [-0.25, -0.2) is 0 Å². The highest BCUT2D eigenvalue weighted by atomic mass is 16.5. The Balaban J connectivity index is 2.26. The van der Waals surface area contributed by atoms with Crippen LogP contribution in [0, 0.1) is 17.2 Å². The van der Waals surface area contributed by atoms with Gasteiger partial charge < -0.3 is 20.7 Å². The molecule has 0 aliphatic carbocycles. The molecule has 0 aromatic carbocycles. The van der Waals surface area contributed by atoms with Gasteiger partial charge in [-0.3, -0.25) is 9.69 Å². The van der Waals surface area contributed by atoms with Crippen LogP contribution >= 0.6 is 0 Å². The van der Waals surface area contributed by atoms with Crippen LogP contribution in [0.1, 0.15) is 19.3 Å². The van der Waals surface area contributed by atoms with E-state index in [9.17, 15) is 20.3 Å².